The Kier molecular flexibility index (Phi) is 5.74. The van der Waals surface area contributed by atoms with E-state index in [0.29, 0.717) is 6.42 Å². The molecule has 2 atom stereocenters. The summed E-state index contributed by atoms with van der Waals surface area (Å²) < 4.78 is 5.18. The van der Waals surface area contributed by atoms with E-state index in [4.69, 9.17) is 4.74 Å². The number of hydrogen-bond donors (Lipinski definition) is 0. The van der Waals surface area contributed by atoms with Gasteiger partial charge < -0.3 is 4.74 Å². The maximum Gasteiger partial charge on any atom is 0.306 e. The number of unbranched alkanes of at least 4 members (excludes halogenated alkanes) is 1. The maximum absolute atomic E-state index is 10.9. The lowest BCUT2D eigenvalue weighted by molar-refractivity contribution is -0.141. The summed E-state index contributed by atoms with van der Waals surface area (Å²) in [7, 11) is 0. The van der Waals surface area contributed by atoms with E-state index < -0.39 is 0 Å². The van der Waals surface area contributed by atoms with Gasteiger partial charge in [0.25, 0.3) is 0 Å². The highest BCUT2D eigenvalue weighted by Gasteiger charge is 2.22. The molecule has 0 radical (unpaired) electrons. The quantitative estimate of drug-likeness (QED) is 0.475. The van der Waals surface area contributed by atoms with Crippen molar-refractivity contribution < 1.29 is 9.53 Å². The van der Waals surface area contributed by atoms with Crippen molar-refractivity contribution >= 4 is 5.97 Å². The molecule has 1 saturated heterocycles. The minimum atomic E-state index is -0.000601. The van der Waals surface area contributed by atoms with Crippen molar-refractivity contribution in [3.63, 3.8) is 0 Å². The van der Waals surface area contributed by atoms with Crippen molar-refractivity contribution in [1.29, 1.82) is 0 Å². The van der Waals surface area contributed by atoms with Gasteiger partial charge in [-0.1, -0.05) is 39.5 Å². The van der Waals surface area contributed by atoms with Crippen molar-refractivity contribution in [3.8, 4) is 0 Å². The molecule has 0 aliphatic carbocycles. The van der Waals surface area contributed by atoms with E-state index in [0.717, 1.165) is 18.8 Å². The molecule has 2 unspecified atom stereocenters. The van der Waals surface area contributed by atoms with Crippen LogP contribution in [0.25, 0.3) is 0 Å². The van der Waals surface area contributed by atoms with Crippen LogP contribution in [-0.4, -0.2) is 12.1 Å². The fourth-order valence-corrected chi connectivity index (χ4v) is 2.29. The van der Waals surface area contributed by atoms with Crippen molar-refractivity contribution in [1.82, 2.24) is 0 Å². The lowest BCUT2D eigenvalue weighted by Gasteiger charge is -2.11. The minimum absolute atomic E-state index is 0.000601. The van der Waals surface area contributed by atoms with Gasteiger partial charge in [-0.2, -0.15) is 0 Å². The topological polar surface area (TPSA) is 26.3 Å². The Morgan fingerprint density at radius 1 is 1.40 bits per heavy atom. The SMILES string of the molecule is CCCC(C)CCCCC1CCC(=O)O1. The van der Waals surface area contributed by atoms with Gasteiger partial charge in [-0.3, -0.25) is 4.79 Å². The predicted octanol–water partition coefficient (Wildman–Crippen LogP) is 3.69. The molecule has 1 aliphatic rings. The normalized spacial score (nSPS) is 22.8. The Labute approximate surface area is 93.4 Å². The van der Waals surface area contributed by atoms with Crippen LogP contribution >= 0.6 is 0 Å². The molecule has 1 aliphatic heterocycles. The average molecular weight is 212 g/mol. The third kappa shape index (κ3) is 5.19. The number of rotatable bonds is 7. The maximum atomic E-state index is 10.9. The Morgan fingerprint density at radius 3 is 2.80 bits per heavy atom. The third-order valence-electron chi connectivity index (χ3n) is 3.22. The lowest BCUT2D eigenvalue weighted by Crippen LogP contribution is -2.06. The summed E-state index contributed by atoms with van der Waals surface area (Å²) in [4.78, 5) is 10.9. The van der Waals surface area contributed by atoms with Crippen LogP contribution in [0.4, 0.5) is 0 Å². The second-order valence-corrected chi connectivity index (χ2v) is 4.83. The fourth-order valence-electron chi connectivity index (χ4n) is 2.29. The van der Waals surface area contributed by atoms with Gasteiger partial charge >= 0.3 is 5.97 Å². The first kappa shape index (κ1) is 12.5. The number of carbonyl (C=O) groups is 1. The molecule has 0 aromatic rings. The Bertz CT molecular complexity index is 189. The lowest BCUT2D eigenvalue weighted by atomic mass is 9.98. The zero-order valence-corrected chi connectivity index (χ0v) is 10.1. The zero-order valence-electron chi connectivity index (χ0n) is 10.1. The van der Waals surface area contributed by atoms with Crippen LogP contribution in [0.5, 0.6) is 0 Å². The number of hydrogen-bond acceptors (Lipinski definition) is 2. The van der Waals surface area contributed by atoms with Gasteiger partial charge in [0.15, 0.2) is 0 Å². The van der Waals surface area contributed by atoms with Gasteiger partial charge in [0.05, 0.1) is 0 Å². The molecule has 1 rings (SSSR count). The van der Waals surface area contributed by atoms with Crippen molar-refractivity contribution in [2.45, 2.75) is 71.3 Å². The highest BCUT2D eigenvalue weighted by molar-refractivity contribution is 5.71. The average Bonchev–Trinajstić information content (AvgIpc) is 2.60. The Hall–Kier alpha value is -0.530. The van der Waals surface area contributed by atoms with Crippen LogP contribution in [0.1, 0.15) is 65.2 Å². The van der Waals surface area contributed by atoms with Crippen LogP contribution < -0.4 is 0 Å². The smallest absolute Gasteiger partial charge is 0.306 e. The molecule has 0 aromatic heterocycles. The minimum Gasteiger partial charge on any atom is -0.462 e. The molecule has 2 nitrogen and oxygen atoms in total. The van der Waals surface area contributed by atoms with Crippen molar-refractivity contribution in [3.05, 3.63) is 0 Å². The molecular formula is C13H24O2. The molecule has 0 bridgehead atoms. The summed E-state index contributed by atoms with van der Waals surface area (Å²) in [6.07, 6.45) is 9.36. The van der Waals surface area contributed by atoms with E-state index in [-0.39, 0.29) is 12.1 Å². The second-order valence-electron chi connectivity index (χ2n) is 4.83. The van der Waals surface area contributed by atoms with Crippen molar-refractivity contribution in [2.24, 2.45) is 5.92 Å². The number of cyclic esters (lactones) is 1. The van der Waals surface area contributed by atoms with Crippen LogP contribution in [0.3, 0.4) is 0 Å². The molecule has 0 aromatic carbocycles. The van der Waals surface area contributed by atoms with Gasteiger partial charge in [0.2, 0.25) is 0 Å². The van der Waals surface area contributed by atoms with Crippen molar-refractivity contribution in [2.75, 3.05) is 0 Å². The van der Waals surface area contributed by atoms with Crippen LogP contribution in [0, 0.1) is 5.92 Å². The molecule has 0 N–H and O–H groups in total. The van der Waals surface area contributed by atoms with Gasteiger partial charge in [-0.05, 0) is 25.2 Å². The van der Waals surface area contributed by atoms with Gasteiger partial charge in [-0.25, -0.2) is 0 Å². The second kappa shape index (κ2) is 6.86. The van der Waals surface area contributed by atoms with Gasteiger partial charge in [-0.15, -0.1) is 0 Å². The number of esters is 1. The molecular weight excluding hydrogens is 188 g/mol. The molecule has 0 amide bonds. The van der Waals surface area contributed by atoms with Gasteiger partial charge in [0.1, 0.15) is 6.10 Å². The summed E-state index contributed by atoms with van der Waals surface area (Å²) in [6.45, 7) is 4.58. The van der Waals surface area contributed by atoms with Gasteiger partial charge in [0, 0.05) is 6.42 Å². The largest absolute Gasteiger partial charge is 0.462 e. The third-order valence-corrected chi connectivity index (χ3v) is 3.22. The monoisotopic (exact) mass is 212 g/mol. The van der Waals surface area contributed by atoms with Crippen LogP contribution in [0.2, 0.25) is 0 Å². The van der Waals surface area contributed by atoms with E-state index in [1.165, 1.54) is 32.1 Å². The summed E-state index contributed by atoms with van der Waals surface area (Å²) in [5.74, 6) is 0.862. The summed E-state index contributed by atoms with van der Waals surface area (Å²) in [6, 6.07) is 0. The first-order valence-corrected chi connectivity index (χ1v) is 6.41. The molecule has 88 valence electrons. The van der Waals surface area contributed by atoms with E-state index in [2.05, 4.69) is 13.8 Å². The molecule has 2 heteroatoms. The number of carbonyl (C=O) groups excluding carboxylic acids is 1. The van der Waals surface area contributed by atoms with E-state index in [1.807, 2.05) is 0 Å². The highest BCUT2D eigenvalue weighted by Crippen LogP contribution is 2.21. The Morgan fingerprint density at radius 2 is 2.20 bits per heavy atom. The fraction of sp³-hybridized carbons (Fsp3) is 0.923. The molecule has 1 heterocycles. The van der Waals surface area contributed by atoms with E-state index in [9.17, 15) is 4.79 Å². The van der Waals surface area contributed by atoms with Crippen LogP contribution in [0.15, 0.2) is 0 Å². The highest BCUT2D eigenvalue weighted by atomic mass is 16.5. The first-order chi connectivity index (χ1) is 7.22. The zero-order chi connectivity index (χ0) is 11.1. The standard InChI is InChI=1S/C13H24O2/c1-3-6-11(2)7-4-5-8-12-9-10-13(14)15-12/h11-12H,3-10H2,1-2H3. The van der Waals surface area contributed by atoms with E-state index in [1.54, 1.807) is 0 Å². The van der Waals surface area contributed by atoms with Crippen LogP contribution in [-0.2, 0) is 9.53 Å². The number of ether oxygens (including phenoxy) is 1. The summed E-state index contributed by atoms with van der Waals surface area (Å²) in [5.41, 5.74) is 0. The molecule has 15 heavy (non-hydrogen) atoms. The predicted molar refractivity (Wildman–Crippen MR) is 61.7 cm³/mol. The van der Waals surface area contributed by atoms with E-state index >= 15 is 0 Å². The first-order valence-electron chi connectivity index (χ1n) is 6.41. The Balaban J connectivity index is 1.95. The summed E-state index contributed by atoms with van der Waals surface area (Å²) >= 11 is 0. The molecule has 0 saturated carbocycles. The summed E-state index contributed by atoms with van der Waals surface area (Å²) in [5, 5.41) is 0. The molecule has 1 fully saturated rings. The molecule has 0 spiro atoms.